The third kappa shape index (κ3) is 4.38. The van der Waals surface area contributed by atoms with Crippen molar-refractivity contribution in [3.63, 3.8) is 0 Å². The van der Waals surface area contributed by atoms with E-state index in [9.17, 15) is 5.26 Å². The quantitative estimate of drug-likeness (QED) is 0.159. The molecule has 0 N–H and O–H groups in total. The van der Waals surface area contributed by atoms with Gasteiger partial charge in [-0.15, -0.1) is 0 Å². The zero-order chi connectivity index (χ0) is 29.5. The maximum atomic E-state index is 9.36. The second kappa shape index (κ2) is 10.6. The van der Waals surface area contributed by atoms with Crippen LogP contribution in [0.5, 0.6) is 0 Å². The van der Waals surface area contributed by atoms with Gasteiger partial charge in [0, 0.05) is 16.7 Å². The van der Waals surface area contributed by atoms with Gasteiger partial charge in [0.1, 0.15) is 0 Å². The number of rotatable bonds is 4. The Hall–Kier alpha value is -6.11. The Bertz CT molecular complexity index is 2380. The molecule has 7 aromatic carbocycles. The Labute approximate surface area is 255 Å². The highest BCUT2D eigenvalue weighted by Gasteiger charge is 2.18. The minimum Gasteiger partial charge on any atom is -0.228 e. The van der Waals surface area contributed by atoms with Crippen LogP contribution in [0.2, 0.25) is 0 Å². The summed E-state index contributed by atoms with van der Waals surface area (Å²) >= 11 is 0. The molecule has 0 saturated carbocycles. The van der Waals surface area contributed by atoms with Crippen molar-refractivity contribution in [2.24, 2.45) is 0 Å². The van der Waals surface area contributed by atoms with Gasteiger partial charge in [-0.2, -0.15) is 5.26 Å². The largest absolute Gasteiger partial charge is 0.228 e. The molecule has 1 aromatic heterocycles. The molecule has 8 rings (SSSR count). The van der Waals surface area contributed by atoms with E-state index >= 15 is 0 Å². The summed E-state index contributed by atoms with van der Waals surface area (Å²) in [5.74, 6) is 0.675. The lowest BCUT2D eigenvalue weighted by atomic mass is 9.90. The molecule has 0 aliphatic carbocycles. The van der Waals surface area contributed by atoms with Gasteiger partial charge < -0.3 is 0 Å². The molecule has 0 spiro atoms. The molecule has 3 heteroatoms. The van der Waals surface area contributed by atoms with Gasteiger partial charge in [-0.05, 0) is 67.7 Å². The van der Waals surface area contributed by atoms with E-state index in [1.165, 1.54) is 26.9 Å². The first-order valence-corrected chi connectivity index (χ1v) is 14.6. The summed E-state index contributed by atoms with van der Waals surface area (Å²) in [5, 5.41) is 16.4. The maximum absolute atomic E-state index is 9.36. The summed E-state index contributed by atoms with van der Waals surface area (Å²) in [7, 11) is 0. The zero-order valence-corrected chi connectivity index (χ0v) is 23.8. The van der Waals surface area contributed by atoms with Gasteiger partial charge in [-0.25, -0.2) is 9.97 Å². The van der Waals surface area contributed by atoms with Crippen LogP contribution in [0.3, 0.4) is 0 Å². The second-order valence-electron chi connectivity index (χ2n) is 10.9. The van der Waals surface area contributed by atoms with E-state index in [4.69, 9.17) is 9.97 Å². The highest BCUT2D eigenvalue weighted by atomic mass is 14.9. The zero-order valence-electron chi connectivity index (χ0n) is 23.8. The molecule has 0 aliphatic rings. The maximum Gasteiger partial charge on any atom is 0.160 e. The smallest absolute Gasteiger partial charge is 0.160 e. The van der Waals surface area contributed by atoms with Crippen LogP contribution in [0.25, 0.3) is 77.3 Å². The minimum atomic E-state index is 0.636. The van der Waals surface area contributed by atoms with Crippen LogP contribution in [-0.2, 0) is 0 Å². The van der Waals surface area contributed by atoms with E-state index in [0.717, 1.165) is 44.6 Å². The molecule has 0 bridgehead atoms. The van der Waals surface area contributed by atoms with Gasteiger partial charge in [0.15, 0.2) is 5.82 Å². The number of aromatic nitrogens is 2. The fourth-order valence-corrected chi connectivity index (χ4v) is 6.22. The average Bonchev–Trinajstić information content (AvgIpc) is 3.10. The Morgan fingerprint density at radius 3 is 1.89 bits per heavy atom. The summed E-state index contributed by atoms with van der Waals surface area (Å²) in [5.41, 5.74) is 7.50. The first-order chi connectivity index (χ1) is 21.8. The Morgan fingerprint density at radius 1 is 0.455 bits per heavy atom. The van der Waals surface area contributed by atoms with Crippen molar-refractivity contribution in [2.75, 3.05) is 0 Å². The molecule has 0 amide bonds. The van der Waals surface area contributed by atoms with Crippen molar-refractivity contribution in [3.05, 3.63) is 157 Å². The predicted octanol–water partition coefficient (Wildman–Crippen LogP) is 10.5. The van der Waals surface area contributed by atoms with Gasteiger partial charge in [0.25, 0.3) is 0 Å². The topological polar surface area (TPSA) is 49.6 Å². The average molecular weight is 560 g/mol. The normalized spacial score (nSPS) is 11.2. The van der Waals surface area contributed by atoms with Gasteiger partial charge in [-0.1, -0.05) is 127 Å². The highest BCUT2D eigenvalue weighted by molar-refractivity contribution is 6.21. The van der Waals surface area contributed by atoms with Crippen molar-refractivity contribution in [2.45, 2.75) is 0 Å². The lowest BCUT2D eigenvalue weighted by molar-refractivity contribution is 1.19. The molecule has 0 unspecified atom stereocenters. The second-order valence-corrected chi connectivity index (χ2v) is 10.9. The Morgan fingerprint density at radius 2 is 1.09 bits per heavy atom. The van der Waals surface area contributed by atoms with Crippen molar-refractivity contribution < 1.29 is 0 Å². The van der Waals surface area contributed by atoms with E-state index in [1.807, 2.05) is 54.6 Å². The van der Waals surface area contributed by atoms with Crippen molar-refractivity contribution in [1.82, 2.24) is 9.97 Å². The third-order valence-corrected chi connectivity index (χ3v) is 8.29. The molecule has 0 atom stereocenters. The molecule has 0 radical (unpaired) electrons. The van der Waals surface area contributed by atoms with Crippen molar-refractivity contribution in [1.29, 1.82) is 5.26 Å². The Kier molecular flexibility index (Phi) is 6.18. The summed E-state index contributed by atoms with van der Waals surface area (Å²) in [6.07, 6.45) is 0. The van der Waals surface area contributed by atoms with Crippen LogP contribution in [0, 0.1) is 11.3 Å². The summed E-state index contributed by atoms with van der Waals surface area (Å²) < 4.78 is 0. The molecular weight excluding hydrogens is 534 g/mol. The van der Waals surface area contributed by atoms with Crippen LogP contribution in [0.15, 0.2) is 152 Å². The first kappa shape index (κ1) is 25.6. The summed E-state index contributed by atoms with van der Waals surface area (Å²) in [6, 6.07) is 54.4. The molecule has 3 nitrogen and oxygen atoms in total. The molecule has 204 valence electrons. The van der Waals surface area contributed by atoms with Gasteiger partial charge in [0.2, 0.25) is 0 Å². The molecule has 44 heavy (non-hydrogen) atoms. The van der Waals surface area contributed by atoms with Crippen molar-refractivity contribution in [3.8, 4) is 51.1 Å². The minimum absolute atomic E-state index is 0.636. The van der Waals surface area contributed by atoms with Crippen LogP contribution in [0.4, 0.5) is 0 Å². The predicted molar refractivity (Wildman–Crippen MR) is 181 cm³/mol. The number of hydrogen-bond acceptors (Lipinski definition) is 3. The SMILES string of the molecule is N#Cc1ccc(-c2ccccc2-c2cc(-c3c4ccccc4cc4ccc5ccccc5c34)nc(-c3ccccc3)n2)cc1. The van der Waals surface area contributed by atoms with E-state index in [1.54, 1.807) is 0 Å². The van der Waals surface area contributed by atoms with E-state index in [2.05, 4.69) is 103 Å². The molecule has 0 saturated heterocycles. The highest BCUT2D eigenvalue weighted by Crippen LogP contribution is 2.41. The third-order valence-electron chi connectivity index (χ3n) is 8.29. The van der Waals surface area contributed by atoms with Gasteiger partial charge in [-0.3, -0.25) is 0 Å². The standard InChI is InChI=1S/C41H25N3/c42-26-27-18-20-29(21-19-27)33-14-8-9-17-36(33)37-25-38(44-41(43-37)30-11-2-1-3-12-30)40-35-16-7-5-13-31(35)24-32-23-22-28-10-4-6-15-34(28)39(32)40/h1-25H. The van der Waals surface area contributed by atoms with Crippen molar-refractivity contribution >= 4 is 32.3 Å². The van der Waals surface area contributed by atoms with Gasteiger partial charge in [0.05, 0.1) is 23.0 Å². The van der Waals surface area contributed by atoms with E-state index < -0.39 is 0 Å². The number of hydrogen-bond donors (Lipinski definition) is 0. The number of nitriles is 1. The summed E-state index contributed by atoms with van der Waals surface area (Å²) in [4.78, 5) is 10.5. The van der Waals surface area contributed by atoms with Crippen LogP contribution >= 0.6 is 0 Å². The van der Waals surface area contributed by atoms with E-state index in [-0.39, 0.29) is 0 Å². The fraction of sp³-hybridized carbons (Fsp3) is 0. The first-order valence-electron chi connectivity index (χ1n) is 14.6. The lowest BCUT2D eigenvalue weighted by Crippen LogP contribution is -1.98. The van der Waals surface area contributed by atoms with Crippen LogP contribution < -0.4 is 0 Å². The van der Waals surface area contributed by atoms with Crippen LogP contribution in [0.1, 0.15) is 5.56 Å². The van der Waals surface area contributed by atoms with Gasteiger partial charge >= 0.3 is 0 Å². The van der Waals surface area contributed by atoms with E-state index in [0.29, 0.717) is 11.4 Å². The molecule has 1 heterocycles. The lowest BCUT2D eigenvalue weighted by Gasteiger charge is -2.17. The number of nitrogens with zero attached hydrogens (tertiary/aromatic N) is 3. The Balaban J connectivity index is 1.47. The fourth-order valence-electron chi connectivity index (χ4n) is 6.22. The van der Waals surface area contributed by atoms with Crippen LogP contribution in [-0.4, -0.2) is 9.97 Å². The summed E-state index contributed by atoms with van der Waals surface area (Å²) in [6.45, 7) is 0. The molecule has 0 aliphatic heterocycles. The monoisotopic (exact) mass is 559 g/mol. The molecule has 0 fully saturated rings. The number of fused-ring (bicyclic) bond motifs is 4. The number of benzene rings is 7. The molecule has 8 aromatic rings. The molecular formula is C41H25N3.